The number of carbonyl (C=O) groups is 2. The fourth-order valence-electron chi connectivity index (χ4n) is 3.02. The van der Waals surface area contributed by atoms with Crippen molar-refractivity contribution in [2.24, 2.45) is 5.92 Å². The third kappa shape index (κ3) is 4.51. The van der Waals surface area contributed by atoms with Gasteiger partial charge in [-0.15, -0.1) is 11.3 Å². The van der Waals surface area contributed by atoms with Crippen molar-refractivity contribution >= 4 is 39.1 Å². The first kappa shape index (κ1) is 21.5. The number of esters is 1. The minimum Gasteiger partial charge on any atom is -0.465 e. The molecule has 0 saturated heterocycles. The highest BCUT2D eigenvalue weighted by atomic mass is 32.1. The van der Waals surface area contributed by atoms with Crippen LogP contribution in [0.25, 0.3) is 10.2 Å². The van der Waals surface area contributed by atoms with E-state index in [2.05, 4.69) is 10.1 Å². The second-order valence-corrected chi connectivity index (χ2v) is 8.18. The maximum Gasteiger partial charge on any atom is 0.337 e. The Bertz CT molecular complexity index is 1190. The quantitative estimate of drug-likeness (QED) is 0.582. The number of amides is 1. The number of carbonyl (C=O) groups excluding carboxylic acids is 2. The van der Waals surface area contributed by atoms with E-state index in [1.807, 2.05) is 13.8 Å². The SMILES string of the molecule is COC(=O)c1ccc(NC(=O)Cn2c(=O)n(CCC(C)C)c(=O)c3sccc32)cc1. The minimum atomic E-state index is -0.497. The van der Waals surface area contributed by atoms with Crippen LogP contribution in [0.15, 0.2) is 45.3 Å². The van der Waals surface area contributed by atoms with Gasteiger partial charge in [0.25, 0.3) is 5.56 Å². The van der Waals surface area contributed by atoms with Crippen LogP contribution in [-0.4, -0.2) is 28.1 Å². The molecule has 0 saturated carbocycles. The topological polar surface area (TPSA) is 99.4 Å². The van der Waals surface area contributed by atoms with E-state index in [0.29, 0.717) is 40.4 Å². The number of fused-ring (bicyclic) bond motifs is 1. The molecule has 30 heavy (non-hydrogen) atoms. The maximum absolute atomic E-state index is 13.0. The van der Waals surface area contributed by atoms with Crippen molar-refractivity contribution in [3.63, 3.8) is 0 Å². The summed E-state index contributed by atoms with van der Waals surface area (Å²) in [5.41, 5.74) is 0.481. The Kier molecular flexibility index (Phi) is 6.51. The number of anilines is 1. The molecule has 0 unspecified atom stereocenters. The number of hydrogen-bond acceptors (Lipinski definition) is 6. The first-order valence-corrected chi connectivity index (χ1v) is 10.4. The zero-order chi connectivity index (χ0) is 21.8. The number of methoxy groups -OCH3 is 1. The lowest BCUT2D eigenvalue weighted by Gasteiger charge is -2.13. The van der Waals surface area contributed by atoms with Crippen LogP contribution >= 0.6 is 11.3 Å². The summed E-state index contributed by atoms with van der Waals surface area (Å²) in [6, 6.07) is 7.91. The molecule has 2 heterocycles. The van der Waals surface area contributed by atoms with Gasteiger partial charge in [0.15, 0.2) is 0 Å². The average molecular weight is 429 g/mol. The third-order valence-corrected chi connectivity index (χ3v) is 5.55. The van der Waals surface area contributed by atoms with Crippen molar-refractivity contribution in [3.05, 3.63) is 62.1 Å². The van der Waals surface area contributed by atoms with Crippen molar-refractivity contribution in [2.45, 2.75) is 33.4 Å². The predicted octanol–water partition coefficient (Wildman–Crippen LogP) is 2.70. The van der Waals surface area contributed by atoms with Crippen LogP contribution in [0, 0.1) is 5.92 Å². The summed E-state index contributed by atoms with van der Waals surface area (Å²) in [4.78, 5) is 49.7. The van der Waals surface area contributed by atoms with E-state index in [1.165, 1.54) is 39.7 Å². The molecule has 1 N–H and O–H groups in total. The summed E-state index contributed by atoms with van der Waals surface area (Å²) in [7, 11) is 1.29. The zero-order valence-electron chi connectivity index (χ0n) is 17.0. The molecule has 0 radical (unpaired) electrons. The Morgan fingerprint density at radius 1 is 1.10 bits per heavy atom. The van der Waals surface area contributed by atoms with Gasteiger partial charge in [0.1, 0.15) is 11.2 Å². The lowest BCUT2D eigenvalue weighted by Crippen LogP contribution is -2.41. The molecule has 0 spiro atoms. The molecular formula is C21H23N3O5S. The number of rotatable bonds is 7. The van der Waals surface area contributed by atoms with Crippen molar-refractivity contribution < 1.29 is 14.3 Å². The number of benzene rings is 1. The summed E-state index contributed by atoms with van der Waals surface area (Å²) in [5, 5.41) is 4.44. The van der Waals surface area contributed by atoms with Crippen LogP contribution in [0.5, 0.6) is 0 Å². The van der Waals surface area contributed by atoms with E-state index in [-0.39, 0.29) is 12.1 Å². The van der Waals surface area contributed by atoms with Crippen LogP contribution in [0.2, 0.25) is 0 Å². The van der Waals surface area contributed by atoms with Crippen LogP contribution in [-0.2, 0) is 22.6 Å². The predicted molar refractivity (Wildman–Crippen MR) is 116 cm³/mol. The van der Waals surface area contributed by atoms with Crippen molar-refractivity contribution in [1.29, 1.82) is 0 Å². The van der Waals surface area contributed by atoms with Gasteiger partial charge >= 0.3 is 11.7 Å². The minimum absolute atomic E-state index is 0.229. The van der Waals surface area contributed by atoms with E-state index in [4.69, 9.17) is 0 Å². The first-order valence-electron chi connectivity index (χ1n) is 9.51. The van der Waals surface area contributed by atoms with Crippen LogP contribution in [0.4, 0.5) is 5.69 Å². The Morgan fingerprint density at radius 2 is 1.80 bits per heavy atom. The molecule has 0 aliphatic rings. The van der Waals surface area contributed by atoms with E-state index < -0.39 is 17.6 Å². The van der Waals surface area contributed by atoms with E-state index >= 15 is 0 Å². The normalized spacial score (nSPS) is 11.1. The number of hydrogen-bond donors (Lipinski definition) is 1. The van der Waals surface area contributed by atoms with Crippen molar-refractivity contribution in [1.82, 2.24) is 9.13 Å². The molecule has 158 valence electrons. The van der Waals surface area contributed by atoms with Crippen molar-refractivity contribution in [2.75, 3.05) is 12.4 Å². The van der Waals surface area contributed by atoms with Crippen LogP contribution < -0.4 is 16.6 Å². The number of nitrogens with one attached hydrogen (secondary N) is 1. The van der Waals surface area contributed by atoms with Gasteiger partial charge < -0.3 is 10.1 Å². The molecule has 2 aromatic heterocycles. The standard InChI is InChI=1S/C21H23N3O5S/c1-13(2)8-10-23-19(26)18-16(9-11-30-18)24(21(23)28)12-17(25)22-15-6-4-14(5-7-15)20(27)29-3/h4-7,9,11,13H,8,10,12H2,1-3H3,(H,22,25). The van der Waals surface area contributed by atoms with Gasteiger partial charge in [-0.2, -0.15) is 0 Å². The van der Waals surface area contributed by atoms with E-state index in [1.54, 1.807) is 23.6 Å². The molecule has 3 rings (SSSR count). The Labute approximate surface area is 176 Å². The Balaban J connectivity index is 1.86. The number of aromatic nitrogens is 2. The monoisotopic (exact) mass is 429 g/mol. The van der Waals surface area contributed by atoms with Gasteiger partial charge in [0, 0.05) is 12.2 Å². The molecule has 1 amide bonds. The highest BCUT2D eigenvalue weighted by Gasteiger charge is 2.17. The molecule has 0 aliphatic carbocycles. The summed E-state index contributed by atoms with van der Waals surface area (Å²) >= 11 is 1.25. The second kappa shape index (κ2) is 9.08. The van der Waals surface area contributed by atoms with Gasteiger partial charge in [0.05, 0.1) is 18.2 Å². The molecule has 0 fully saturated rings. The lowest BCUT2D eigenvalue weighted by molar-refractivity contribution is -0.116. The number of nitrogens with zero attached hydrogens (tertiary/aromatic N) is 2. The van der Waals surface area contributed by atoms with Gasteiger partial charge in [-0.05, 0) is 48.1 Å². The molecular weight excluding hydrogens is 406 g/mol. The van der Waals surface area contributed by atoms with Crippen LogP contribution in [0.3, 0.4) is 0 Å². The van der Waals surface area contributed by atoms with Crippen LogP contribution in [0.1, 0.15) is 30.6 Å². The summed E-state index contributed by atoms with van der Waals surface area (Å²) in [6.07, 6.45) is 0.685. The Hall–Kier alpha value is -3.20. The fraction of sp³-hybridized carbons (Fsp3) is 0.333. The zero-order valence-corrected chi connectivity index (χ0v) is 17.8. The van der Waals surface area contributed by atoms with Gasteiger partial charge in [-0.25, -0.2) is 9.59 Å². The molecule has 8 nitrogen and oxygen atoms in total. The highest BCUT2D eigenvalue weighted by molar-refractivity contribution is 7.17. The van der Waals surface area contributed by atoms with Gasteiger partial charge in [-0.3, -0.25) is 18.7 Å². The number of thiophene rings is 1. The van der Waals surface area contributed by atoms with E-state index in [9.17, 15) is 19.2 Å². The summed E-state index contributed by atoms with van der Waals surface area (Å²) in [5.74, 6) is -0.549. The molecule has 0 aliphatic heterocycles. The molecule has 9 heteroatoms. The smallest absolute Gasteiger partial charge is 0.337 e. The second-order valence-electron chi connectivity index (χ2n) is 7.26. The third-order valence-electron chi connectivity index (χ3n) is 4.66. The van der Waals surface area contributed by atoms with Crippen molar-refractivity contribution in [3.8, 4) is 0 Å². The lowest BCUT2D eigenvalue weighted by atomic mass is 10.1. The largest absolute Gasteiger partial charge is 0.465 e. The molecule has 3 aromatic rings. The molecule has 0 atom stereocenters. The highest BCUT2D eigenvalue weighted by Crippen LogP contribution is 2.16. The summed E-state index contributed by atoms with van der Waals surface area (Å²) < 4.78 is 7.63. The fourth-order valence-corrected chi connectivity index (χ4v) is 3.87. The van der Waals surface area contributed by atoms with Gasteiger partial charge in [-0.1, -0.05) is 13.8 Å². The Morgan fingerprint density at radius 3 is 2.43 bits per heavy atom. The van der Waals surface area contributed by atoms with E-state index in [0.717, 1.165) is 0 Å². The molecule has 0 bridgehead atoms. The first-order chi connectivity index (χ1) is 14.3. The van der Waals surface area contributed by atoms with Gasteiger partial charge in [0.2, 0.25) is 5.91 Å². The maximum atomic E-state index is 13.0. The number of ether oxygens (including phenoxy) is 1. The average Bonchev–Trinajstić information content (AvgIpc) is 3.21. The summed E-state index contributed by atoms with van der Waals surface area (Å²) in [6.45, 7) is 4.12. The molecule has 1 aromatic carbocycles.